The lowest BCUT2D eigenvalue weighted by molar-refractivity contribution is -0.137. The zero-order valence-electron chi connectivity index (χ0n) is 15.1. The zero-order chi connectivity index (χ0) is 20.6. The Morgan fingerprint density at radius 3 is 2.14 bits per heavy atom. The summed E-state index contributed by atoms with van der Waals surface area (Å²) in [5, 5.41) is 0.215. The molecule has 1 amide bonds. The number of alkyl halides is 3. The maximum absolute atomic E-state index is 13.3. The molecule has 0 saturated carbocycles. The molecule has 1 aliphatic heterocycles. The number of nitrogens with zero attached hydrogens (tertiary/aromatic N) is 1. The molecule has 3 aromatic rings. The molecular formula is C23H15ClF3NO. The molecule has 0 bridgehead atoms. The Bertz CT molecular complexity index is 1090. The van der Waals surface area contributed by atoms with E-state index in [1.54, 1.807) is 24.3 Å². The Morgan fingerprint density at radius 2 is 1.52 bits per heavy atom. The standard InChI is InChI=1S/C23H15ClF3NO/c24-21(16-9-5-2-6-10-16)20-18-12-11-17(23(25,26)27)13-19(18)28(22(20)29)14-15-7-3-1-4-8-15/h1-13H,14H2/b21-20-. The first kappa shape index (κ1) is 19.3. The molecule has 0 unspecified atom stereocenters. The highest BCUT2D eigenvalue weighted by Gasteiger charge is 2.38. The first-order valence-corrected chi connectivity index (χ1v) is 9.26. The van der Waals surface area contributed by atoms with Gasteiger partial charge < -0.3 is 4.90 Å². The molecule has 0 aliphatic carbocycles. The van der Waals surface area contributed by atoms with Crippen LogP contribution in [0.4, 0.5) is 18.9 Å². The van der Waals surface area contributed by atoms with Gasteiger partial charge in [0.15, 0.2) is 0 Å². The molecule has 0 N–H and O–H groups in total. The molecule has 0 spiro atoms. The Kier molecular flexibility index (Phi) is 4.92. The van der Waals surface area contributed by atoms with Crippen molar-refractivity contribution in [3.8, 4) is 0 Å². The molecule has 146 valence electrons. The minimum absolute atomic E-state index is 0.149. The number of hydrogen-bond donors (Lipinski definition) is 0. The average Bonchev–Trinajstić information content (AvgIpc) is 2.99. The lowest BCUT2D eigenvalue weighted by atomic mass is 10.0. The summed E-state index contributed by atoms with van der Waals surface area (Å²) in [6, 6.07) is 21.3. The van der Waals surface area contributed by atoms with Gasteiger partial charge >= 0.3 is 6.18 Å². The fourth-order valence-corrected chi connectivity index (χ4v) is 3.67. The fourth-order valence-electron chi connectivity index (χ4n) is 3.37. The van der Waals surface area contributed by atoms with Gasteiger partial charge in [-0.2, -0.15) is 13.2 Å². The smallest absolute Gasteiger partial charge is 0.303 e. The van der Waals surface area contributed by atoms with Crippen molar-refractivity contribution in [3.63, 3.8) is 0 Å². The van der Waals surface area contributed by atoms with Crippen LogP contribution in [0.5, 0.6) is 0 Å². The van der Waals surface area contributed by atoms with Gasteiger partial charge in [-0.15, -0.1) is 0 Å². The van der Waals surface area contributed by atoms with E-state index in [1.165, 1.54) is 11.0 Å². The van der Waals surface area contributed by atoms with Crippen LogP contribution in [-0.2, 0) is 17.5 Å². The molecule has 6 heteroatoms. The van der Waals surface area contributed by atoms with Crippen LogP contribution < -0.4 is 4.90 Å². The lowest BCUT2D eigenvalue weighted by Crippen LogP contribution is -2.26. The summed E-state index contributed by atoms with van der Waals surface area (Å²) >= 11 is 6.54. The third kappa shape index (κ3) is 3.66. The monoisotopic (exact) mass is 413 g/mol. The summed E-state index contributed by atoms with van der Waals surface area (Å²) in [6.45, 7) is 0.149. The first-order chi connectivity index (χ1) is 13.9. The summed E-state index contributed by atoms with van der Waals surface area (Å²) in [5.74, 6) is -0.419. The van der Waals surface area contributed by atoms with Gasteiger partial charge in [0.25, 0.3) is 5.91 Å². The third-order valence-electron chi connectivity index (χ3n) is 4.77. The Balaban J connectivity index is 1.88. The van der Waals surface area contributed by atoms with Gasteiger partial charge in [-0.05, 0) is 23.3 Å². The minimum atomic E-state index is -4.51. The van der Waals surface area contributed by atoms with Crippen molar-refractivity contribution in [2.75, 3.05) is 4.90 Å². The molecule has 0 saturated heterocycles. The van der Waals surface area contributed by atoms with Crippen molar-refractivity contribution in [3.05, 3.63) is 101 Å². The molecular weight excluding hydrogens is 399 g/mol. The van der Waals surface area contributed by atoms with Gasteiger partial charge in [-0.25, -0.2) is 0 Å². The van der Waals surface area contributed by atoms with E-state index < -0.39 is 17.6 Å². The Morgan fingerprint density at radius 1 is 0.897 bits per heavy atom. The van der Waals surface area contributed by atoms with Crippen molar-refractivity contribution in [1.29, 1.82) is 0 Å². The van der Waals surface area contributed by atoms with E-state index in [9.17, 15) is 18.0 Å². The van der Waals surface area contributed by atoms with Crippen LogP contribution in [0.2, 0.25) is 0 Å². The Labute approximate surface area is 170 Å². The maximum atomic E-state index is 13.3. The number of amides is 1. The quantitative estimate of drug-likeness (QED) is 0.457. The predicted octanol–water partition coefficient (Wildman–Crippen LogP) is 6.36. The molecule has 2 nitrogen and oxygen atoms in total. The van der Waals surface area contributed by atoms with E-state index >= 15 is 0 Å². The number of fused-ring (bicyclic) bond motifs is 1. The van der Waals surface area contributed by atoms with E-state index in [2.05, 4.69) is 0 Å². The van der Waals surface area contributed by atoms with E-state index in [-0.39, 0.29) is 22.8 Å². The normalized spacial score (nSPS) is 15.4. The van der Waals surface area contributed by atoms with Gasteiger partial charge in [0.2, 0.25) is 0 Å². The van der Waals surface area contributed by atoms with Crippen LogP contribution in [0.1, 0.15) is 22.3 Å². The second kappa shape index (κ2) is 7.41. The van der Waals surface area contributed by atoms with Crippen LogP contribution in [0.15, 0.2) is 78.9 Å². The van der Waals surface area contributed by atoms with E-state index in [0.717, 1.165) is 17.7 Å². The lowest BCUT2D eigenvalue weighted by Gasteiger charge is -2.18. The number of carbonyl (C=O) groups is 1. The number of rotatable bonds is 3. The predicted molar refractivity (Wildman–Crippen MR) is 108 cm³/mol. The maximum Gasteiger partial charge on any atom is 0.416 e. The average molecular weight is 414 g/mol. The molecule has 3 aromatic carbocycles. The summed E-state index contributed by atoms with van der Waals surface area (Å²) in [7, 11) is 0. The molecule has 0 aromatic heterocycles. The van der Waals surface area contributed by atoms with Crippen molar-refractivity contribution in [1.82, 2.24) is 0 Å². The largest absolute Gasteiger partial charge is 0.416 e. The van der Waals surface area contributed by atoms with Crippen LogP contribution in [0.3, 0.4) is 0 Å². The summed E-state index contributed by atoms with van der Waals surface area (Å²) in [4.78, 5) is 14.6. The molecule has 1 aliphatic rings. The molecule has 0 radical (unpaired) electrons. The molecule has 29 heavy (non-hydrogen) atoms. The topological polar surface area (TPSA) is 20.3 Å². The Hall–Kier alpha value is -3.05. The molecule has 0 atom stereocenters. The van der Waals surface area contributed by atoms with Crippen LogP contribution in [-0.4, -0.2) is 5.91 Å². The van der Waals surface area contributed by atoms with Crippen molar-refractivity contribution < 1.29 is 18.0 Å². The van der Waals surface area contributed by atoms with Crippen molar-refractivity contribution in [2.45, 2.75) is 12.7 Å². The summed E-state index contributed by atoms with van der Waals surface area (Å²) in [6.07, 6.45) is -4.51. The SMILES string of the molecule is O=C1/C(=C(\Cl)c2ccccc2)c2ccc(C(F)(F)F)cc2N1Cc1ccccc1. The summed E-state index contributed by atoms with van der Waals surface area (Å²) in [5.41, 5.74) is 1.44. The van der Waals surface area contributed by atoms with Gasteiger partial charge in [0.1, 0.15) is 0 Å². The number of anilines is 1. The summed E-state index contributed by atoms with van der Waals surface area (Å²) < 4.78 is 39.9. The zero-order valence-corrected chi connectivity index (χ0v) is 15.8. The van der Waals surface area contributed by atoms with Gasteiger partial charge in [-0.1, -0.05) is 78.3 Å². The fraction of sp³-hybridized carbons (Fsp3) is 0.0870. The number of halogens is 4. The second-order valence-corrected chi connectivity index (χ2v) is 7.04. The van der Waals surface area contributed by atoms with Crippen molar-refractivity contribution in [2.24, 2.45) is 0 Å². The van der Waals surface area contributed by atoms with Gasteiger partial charge in [-0.3, -0.25) is 4.79 Å². The van der Waals surface area contributed by atoms with E-state index in [1.807, 2.05) is 36.4 Å². The van der Waals surface area contributed by atoms with Gasteiger partial charge in [0, 0.05) is 5.56 Å². The molecule has 4 rings (SSSR count). The van der Waals surface area contributed by atoms with Gasteiger partial charge in [0.05, 0.1) is 28.4 Å². The number of hydrogen-bond acceptors (Lipinski definition) is 1. The van der Waals surface area contributed by atoms with Crippen molar-refractivity contribution >= 4 is 33.8 Å². The molecule has 1 heterocycles. The van der Waals surface area contributed by atoms with E-state index in [0.29, 0.717) is 11.1 Å². The number of carbonyl (C=O) groups excluding carboxylic acids is 1. The van der Waals surface area contributed by atoms with Crippen LogP contribution >= 0.6 is 11.6 Å². The van der Waals surface area contributed by atoms with Crippen LogP contribution in [0, 0.1) is 0 Å². The van der Waals surface area contributed by atoms with E-state index in [4.69, 9.17) is 11.6 Å². The highest BCUT2D eigenvalue weighted by Crippen LogP contribution is 2.45. The van der Waals surface area contributed by atoms with Crippen LogP contribution in [0.25, 0.3) is 10.6 Å². The first-order valence-electron chi connectivity index (χ1n) is 8.89. The minimum Gasteiger partial charge on any atom is -0.303 e. The second-order valence-electron chi connectivity index (χ2n) is 6.66. The number of benzene rings is 3. The third-order valence-corrected chi connectivity index (χ3v) is 5.18. The highest BCUT2D eigenvalue weighted by molar-refractivity contribution is 6.59. The highest BCUT2D eigenvalue weighted by atomic mass is 35.5. The molecule has 0 fully saturated rings.